The van der Waals surface area contributed by atoms with E-state index in [9.17, 15) is 18.0 Å². The third-order valence-corrected chi connectivity index (χ3v) is 8.36. The molecule has 2 amide bonds. The van der Waals surface area contributed by atoms with Crippen molar-refractivity contribution in [1.29, 1.82) is 0 Å². The zero-order valence-corrected chi connectivity index (χ0v) is 25.6. The smallest absolute Gasteiger partial charge is 0.244 e. The van der Waals surface area contributed by atoms with E-state index in [4.69, 9.17) is 4.74 Å². The van der Waals surface area contributed by atoms with Gasteiger partial charge in [-0.15, -0.1) is 0 Å². The average molecular weight is 631 g/mol. The Morgan fingerprint density at radius 1 is 0.975 bits per heavy atom. The molecule has 0 fully saturated rings. The van der Waals surface area contributed by atoms with Crippen molar-refractivity contribution in [2.24, 2.45) is 0 Å². The molecule has 3 rings (SSSR count). The van der Waals surface area contributed by atoms with E-state index in [1.54, 1.807) is 43.5 Å². The molecule has 0 saturated heterocycles. The third-order valence-electron chi connectivity index (χ3n) is 6.56. The zero-order valence-electron chi connectivity index (χ0n) is 23.2. The number of halogens is 1. The number of anilines is 1. The summed E-state index contributed by atoms with van der Waals surface area (Å²) in [6.07, 6.45) is 2.04. The second-order valence-corrected chi connectivity index (χ2v) is 12.4. The Morgan fingerprint density at radius 3 is 2.25 bits per heavy atom. The Kier molecular flexibility index (Phi) is 11.2. The lowest BCUT2D eigenvalue weighted by atomic mass is 10.0. The lowest BCUT2D eigenvalue weighted by molar-refractivity contribution is -0.140. The van der Waals surface area contributed by atoms with Crippen molar-refractivity contribution in [3.63, 3.8) is 0 Å². The minimum atomic E-state index is -3.85. The van der Waals surface area contributed by atoms with E-state index in [0.717, 1.165) is 28.1 Å². The molecule has 0 aliphatic heterocycles. The van der Waals surface area contributed by atoms with E-state index in [1.165, 1.54) is 4.90 Å². The molecule has 0 aliphatic rings. The number of amides is 2. The highest BCUT2D eigenvalue weighted by atomic mass is 79.9. The summed E-state index contributed by atoms with van der Waals surface area (Å²) in [6.45, 7) is 3.48. The molecule has 3 aromatic rings. The highest BCUT2D eigenvalue weighted by Gasteiger charge is 2.33. The van der Waals surface area contributed by atoms with Crippen molar-refractivity contribution >= 4 is 43.5 Å². The van der Waals surface area contributed by atoms with Crippen LogP contribution in [0.5, 0.6) is 5.75 Å². The maximum Gasteiger partial charge on any atom is 0.244 e. The number of ether oxygens (including phenoxy) is 1. The van der Waals surface area contributed by atoms with Gasteiger partial charge in [-0.25, -0.2) is 8.42 Å². The second-order valence-electron chi connectivity index (χ2n) is 9.62. The van der Waals surface area contributed by atoms with Gasteiger partial charge in [0.05, 0.1) is 19.1 Å². The van der Waals surface area contributed by atoms with Crippen LogP contribution in [-0.4, -0.2) is 57.1 Å². The summed E-state index contributed by atoms with van der Waals surface area (Å²) in [5.74, 6) is -0.204. The third kappa shape index (κ3) is 8.56. The Balaban J connectivity index is 2.08. The average Bonchev–Trinajstić information content (AvgIpc) is 2.93. The summed E-state index contributed by atoms with van der Waals surface area (Å²) in [4.78, 5) is 29.3. The van der Waals surface area contributed by atoms with Crippen LogP contribution in [0.3, 0.4) is 0 Å². The molecular formula is C30H36BrN3O5S. The summed E-state index contributed by atoms with van der Waals surface area (Å²) >= 11 is 3.41. The van der Waals surface area contributed by atoms with Gasteiger partial charge in [0.25, 0.3) is 0 Å². The van der Waals surface area contributed by atoms with Crippen LogP contribution in [0, 0.1) is 0 Å². The van der Waals surface area contributed by atoms with E-state index in [2.05, 4.69) is 21.2 Å². The first-order valence-electron chi connectivity index (χ1n) is 13.0. The fourth-order valence-corrected chi connectivity index (χ4v) is 5.69. The van der Waals surface area contributed by atoms with Gasteiger partial charge in [-0.3, -0.25) is 13.9 Å². The normalized spacial score (nSPS) is 12.7. The van der Waals surface area contributed by atoms with Crippen LogP contribution in [0.2, 0.25) is 0 Å². The summed E-state index contributed by atoms with van der Waals surface area (Å²) in [6, 6.07) is 22.5. The molecule has 3 aromatic carbocycles. The van der Waals surface area contributed by atoms with Crippen LogP contribution in [0.25, 0.3) is 0 Å². The lowest BCUT2D eigenvalue weighted by Gasteiger charge is -2.34. The maximum absolute atomic E-state index is 14.1. The van der Waals surface area contributed by atoms with E-state index < -0.39 is 28.5 Å². The van der Waals surface area contributed by atoms with Crippen LogP contribution >= 0.6 is 15.9 Å². The number of nitrogens with zero attached hydrogens (tertiary/aromatic N) is 2. The zero-order chi connectivity index (χ0) is 29.3. The van der Waals surface area contributed by atoms with Gasteiger partial charge in [0, 0.05) is 23.5 Å². The minimum Gasteiger partial charge on any atom is -0.497 e. The van der Waals surface area contributed by atoms with Crippen LogP contribution in [-0.2, 0) is 32.6 Å². The van der Waals surface area contributed by atoms with E-state index in [0.29, 0.717) is 15.9 Å². The number of nitrogens with one attached hydrogen (secondary N) is 1. The van der Waals surface area contributed by atoms with Gasteiger partial charge in [0.1, 0.15) is 18.3 Å². The van der Waals surface area contributed by atoms with E-state index >= 15 is 0 Å². The van der Waals surface area contributed by atoms with E-state index in [1.807, 2.05) is 56.3 Å². The standard InChI is InChI=1S/C30H36BrN3O5S/c1-5-22(2)32-30(36)28(19-23-12-7-6-8-13-23)33(20-24-14-11-15-25(18-24)39-3)29(35)21-34(40(4,37)38)27-17-10-9-16-26(27)31/h6-18,22,28H,5,19-21H2,1-4H3,(H,32,36)/t22-,28-/m0/s1. The molecule has 0 heterocycles. The molecule has 0 aromatic heterocycles. The molecule has 10 heteroatoms. The molecule has 40 heavy (non-hydrogen) atoms. The number of methoxy groups -OCH3 is 1. The Hall–Kier alpha value is -3.37. The van der Waals surface area contributed by atoms with Crippen molar-refractivity contribution in [2.45, 2.75) is 45.3 Å². The first-order valence-corrected chi connectivity index (χ1v) is 15.7. The molecule has 214 valence electrons. The highest BCUT2D eigenvalue weighted by molar-refractivity contribution is 9.10. The number of carbonyl (C=O) groups is 2. The fourth-order valence-electron chi connectivity index (χ4n) is 4.21. The predicted molar refractivity (Wildman–Crippen MR) is 162 cm³/mol. The van der Waals surface area contributed by atoms with Crippen LogP contribution in [0.1, 0.15) is 31.4 Å². The monoisotopic (exact) mass is 629 g/mol. The molecular weight excluding hydrogens is 594 g/mol. The van der Waals surface area contributed by atoms with Crippen molar-refractivity contribution in [3.05, 3.63) is 94.5 Å². The lowest BCUT2D eigenvalue weighted by Crippen LogP contribution is -2.54. The quantitative estimate of drug-likeness (QED) is 0.294. The van der Waals surface area contributed by atoms with Gasteiger partial charge in [-0.05, 0) is 64.7 Å². The van der Waals surface area contributed by atoms with Gasteiger partial charge in [-0.1, -0.05) is 61.5 Å². The van der Waals surface area contributed by atoms with Gasteiger partial charge >= 0.3 is 0 Å². The largest absolute Gasteiger partial charge is 0.497 e. The number of rotatable bonds is 13. The Labute approximate surface area is 245 Å². The van der Waals surface area contributed by atoms with Crippen LogP contribution < -0.4 is 14.4 Å². The van der Waals surface area contributed by atoms with Crippen molar-refractivity contribution in [2.75, 3.05) is 24.2 Å². The minimum absolute atomic E-state index is 0.0784. The summed E-state index contributed by atoms with van der Waals surface area (Å²) < 4.78 is 32.8. The maximum atomic E-state index is 14.1. The summed E-state index contributed by atoms with van der Waals surface area (Å²) in [5, 5.41) is 3.02. The van der Waals surface area contributed by atoms with Crippen LogP contribution in [0.4, 0.5) is 5.69 Å². The first kappa shape index (κ1) is 31.2. The molecule has 8 nitrogen and oxygen atoms in total. The molecule has 0 aliphatic carbocycles. The topological polar surface area (TPSA) is 96.0 Å². The molecule has 0 bridgehead atoms. The van der Waals surface area contributed by atoms with Gasteiger partial charge in [0.15, 0.2) is 0 Å². The van der Waals surface area contributed by atoms with Gasteiger partial charge < -0.3 is 15.0 Å². The number of hydrogen-bond acceptors (Lipinski definition) is 5. The molecule has 1 N–H and O–H groups in total. The summed E-state index contributed by atoms with van der Waals surface area (Å²) in [7, 11) is -2.29. The number of benzene rings is 3. The van der Waals surface area contributed by atoms with E-state index in [-0.39, 0.29) is 24.9 Å². The number of carbonyl (C=O) groups excluding carboxylic acids is 2. The highest BCUT2D eigenvalue weighted by Crippen LogP contribution is 2.28. The second kappa shape index (κ2) is 14.3. The van der Waals surface area contributed by atoms with Gasteiger partial charge in [-0.2, -0.15) is 0 Å². The Morgan fingerprint density at radius 2 is 1.62 bits per heavy atom. The Bertz CT molecular complexity index is 1400. The molecule has 0 radical (unpaired) electrons. The SMILES string of the molecule is CC[C@H](C)NC(=O)[C@H](Cc1ccccc1)N(Cc1cccc(OC)c1)C(=O)CN(c1ccccc1Br)S(C)(=O)=O. The number of para-hydroxylation sites is 1. The molecule has 0 spiro atoms. The predicted octanol–water partition coefficient (Wildman–Crippen LogP) is 4.78. The number of hydrogen-bond donors (Lipinski definition) is 1. The van der Waals surface area contributed by atoms with Crippen molar-refractivity contribution in [1.82, 2.24) is 10.2 Å². The van der Waals surface area contributed by atoms with Crippen LogP contribution in [0.15, 0.2) is 83.3 Å². The van der Waals surface area contributed by atoms with Gasteiger partial charge in [0.2, 0.25) is 21.8 Å². The molecule has 0 unspecified atom stereocenters. The number of sulfonamides is 1. The fraction of sp³-hybridized carbons (Fsp3) is 0.333. The molecule has 0 saturated carbocycles. The van der Waals surface area contributed by atoms with Crippen molar-refractivity contribution < 1.29 is 22.7 Å². The van der Waals surface area contributed by atoms with Crippen molar-refractivity contribution in [3.8, 4) is 5.75 Å². The molecule has 2 atom stereocenters. The first-order chi connectivity index (χ1) is 19.0. The summed E-state index contributed by atoms with van der Waals surface area (Å²) in [5.41, 5.74) is 1.96.